The fraction of sp³-hybridized carbons (Fsp3) is 0.286. The van der Waals surface area contributed by atoms with E-state index in [1.54, 1.807) is 0 Å². The molecule has 0 bridgehead atoms. The first-order valence-corrected chi connectivity index (χ1v) is 5.71. The molecule has 0 aliphatic rings. The van der Waals surface area contributed by atoms with E-state index in [0.29, 0.717) is 0 Å². The molecule has 0 N–H and O–H groups in total. The first-order valence-electron chi connectivity index (χ1n) is 5.71. The number of hydrogen-bond acceptors (Lipinski definition) is 1. The Morgan fingerprint density at radius 1 is 1.29 bits per heavy atom. The number of Topliss-reactive ketones (excluding diaryl/α,β-unsaturated/α-hetero) is 1. The second-order valence-electron chi connectivity index (χ2n) is 4.43. The Labute approximate surface area is 101 Å². The Bertz CT molecular complexity index is 525. The summed E-state index contributed by atoms with van der Waals surface area (Å²) < 4.78 is 3.85. The summed E-state index contributed by atoms with van der Waals surface area (Å²) in [4.78, 5) is 12.2. The lowest BCUT2D eigenvalue weighted by Gasteiger charge is -2.07. The number of carbonyl (C=O) groups is 1. The van der Waals surface area contributed by atoms with Gasteiger partial charge in [-0.1, -0.05) is 29.8 Å². The largest absolute Gasteiger partial charge is 0.289 e. The van der Waals surface area contributed by atoms with Crippen molar-refractivity contribution in [3.05, 3.63) is 54.1 Å². The van der Waals surface area contributed by atoms with Crippen LogP contribution in [0.4, 0.5) is 0 Å². The van der Waals surface area contributed by atoms with Crippen molar-refractivity contribution < 1.29 is 9.36 Å². The molecule has 0 spiro atoms. The van der Waals surface area contributed by atoms with Gasteiger partial charge in [0.15, 0.2) is 6.04 Å². The lowest BCUT2D eigenvalue weighted by molar-refractivity contribution is -0.671. The molecule has 17 heavy (non-hydrogen) atoms. The van der Waals surface area contributed by atoms with E-state index in [-0.39, 0.29) is 11.8 Å². The number of aryl methyl sites for hydroxylation is 2. The third kappa shape index (κ3) is 2.44. The van der Waals surface area contributed by atoms with E-state index >= 15 is 0 Å². The van der Waals surface area contributed by atoms with Crippen LogP contribution in [0.15, 0.2) is 43.0 Å². The Morgan fingerprint density at radius 3 is 2.47 bits per heavy atom. The number of benzene rings is 1. The lowest BCUT2D eigenvalue weighted by atomic mass is 10.0. The minimum atomic E-state index is -0.168. The molecule has 0 amide bonds. The van der Waals surface area contributed by atoms with Gasteiger partial charge in [0.2, 0.25) is 12.1 Å². The van der Waals surface area contributed by atoms with Crippen molar-refractivity contribution in [2.45, 2.75) is 19.9 Å². The van der Waals surface area contributed by atoms with Crippen LogP contribution in [0.25, 0.3) is 0 Å². The SMILES string of the molecule is Cc1ccc(C(=O)C(C)n2cc[n+](C)c2)cc1. The first-order chi connectivity index (χ1) is 8.08. The fourth-order valence-electron chi connectivity index (χ4n) is 1.79. The summed E-state index contributed by atoms with van der Waals surface area (Å²) in [6, 6.07) is 7.54. The van der Waals surface area contributed by atoms with Crippen LogP contribution in [-0.2, 0) is 7.05 Å². The maximum atomic E-state index is 12.2. The number of imidazole rings is 1. The Kier molecular flexibility index (Phi) is 3.09. The van der Waals surface area contributed by atoms with Crippen molar-refractivity contribution in [3.63, 3.8) is 0 Å². The van der Waals surface area contributed by atoms with Crippen molar-refractivity contribution in [3.8, 4) is 0 Å². The molecule has 3 heteroatoms. The van der Waals surface area contributed by atoms with Crippen LogP contribution in [0.3, 0.4) is 0 Å². The molecule has 0 saturated carbocycles. The first kappa shape index (κ1) is 11.6. The standard InChI is InChI=1S/C14H17N2O/c1-11-4-6-13(7-5-11)14(17)12(2)16-9-8-15(3)10-16/h4-10,12H,1-3H3/q+1. The van der Waals surface area contributed by atoms with Gasteiger partial charge >= 0.3 is 0 Å². The molecule has 2 rings (SSSR count). The number of hydrogen-bond donors (Lipinski definition) is 0. The second kappa shape index (κ2) is 4.53. The minimum absolute atomic E-state index is 0.140. The van der Waals surface area contributed by atoms with Gasteiger partial charge in [-0.05, 0) is 13.8 Å². The van der Waals surface area contributed by atoms with Crippen LogP contribution >= 0.6 is 0 Å². The predicted molar refractivity (Wildman–Crippen MR) is 65.8 cm³/mol. The van der Waals surface area contributed by atoms with Gasteiger partial charge in [-0.3, -0.25) is 4.79 Å². The highest BCUT2D eigenvalue weighted by atomic mass is 16.1. The molecule has 3 nitrogen and oxygen atoms in total. The molecule has 1 aromatic carbocycles. The fourth-order valence-corrected chi connectivity index (χ4v) is 1.79. The maximum absolute atomic E-state index is 12.2. The van der Waals surface area contributed by atoms with Crippen LogP contribution < -0.4 is 4.57 Å². The van der Waals surface area contributed by atoms with Crippen molar-refractivity contribution in [1.29, 1.82) is 0 Å². The third-order valence-corrected chi connectivity index (χ3v) is 2.95. The minimum Gasteiger partial charge on any atom is -0.289 e. The molecular weight excluding hydrogens is 212 g/mol. The van der Waals surface area contributed by atoms with E-state index < -0.39 is 0 Å². The molecule has 0 radical (unpaired) electrons. The van der Waals surface area contributed by atoms with Crippen molar-refractivity contribution in [2.24, 2.45) is 7.05 Å². The Hall–Kier alpha value is -1.90. The molecule has 0 fully saturated rings. The molecule has 2 aromatic rings. The van der Waals surface area contributed by atoms with Crippen molar-refractivity contribution in [2.75, 3.05) is 0 Å². The van der Waals surface area contributed by atoms with Gasteiger partial charge in [0.05, 0.1) is 7.05 Å². The molecule has 0 aliphatic heterocycles. The highest BCUT2D eigenvalue weighted by Crippen LogP contribution is 2.13. The van der Waals surface area contributed by atoms with E-state index in [9.17, 15) is 4.79 Å². The molecule has 0 saturated heterocycles. The zero-order valence-corrected chi connectivity index (χ0v) is 10.4. The summed E-state index contributed by atoms with van der Waals surface area (Å²) in [6.07, 6.45) is 5.76. The number of ketones is 1. The molecule has 1 unspecified atom stereocenters. The van der Waals surface area contributed by atoms with E-state index in [2.05, 4.69) is 0 Å². The van der Waals surface area contributed by atoms with E-state index in [1.165, 1.54) is 5.56 Å². The Morgan fingerprint density at radius 2 is 1.94 bits per heavy atom. The van der Waals surface area contributed by atoms with Gasteiger partial charge in [0.25, 0.3) is 0 Å². The average molecular weight is 229 g/mol. The van der Waals surface area contributed by atoms with E-state index in [1.807, 2.05) is 73.0 Å². The van der Waals surface area contributed by atoms with Crippen LogP contribution in [-0.4, -0.2) is 10.4 Å². The highest BCUT2D eigenvalue weighted by molar-refractivity contribution is 5.98. The van der Waals surface area contributed by atoms with Gasteiger partial charge in [-0.25, -0.2) is 9.13 Å². The monoisotopic (exact) mass is 229 g/mol. The van der Waals surface area contributed by atoms with E-state index in [4.69, 9.17) is 0 Å². The van der Waals surface area contributed by atoms with Crippen LogP contribution in [0.2, 0.25) is 0 Å². The smallest absolute Gasteiger partial charge is 0.244 e. The lowest BCUT2D eigenvalue weighted by Crippen LogP contribution is -2.25. The van der Waals surface area contributed by atoms with Gasteiger partial charge in [-0.15, -0.1) is 0 Å². The molecule has 1 atom stereocenters. The van der Waals surface area contributed by atoms with Gasteiger partial charge in [-0.2, -0.15) is 0 Å². The van der Waals surface area contributed by atoms with Gasteiger partial charge < -0.3 is 0 Å². The van der Waals surface area contributed by atoms with Crippen molar-refractivity contribution in [1.82, 2.24) is 4.57 Å². The van der Waals surface area contributed by atoms with Gasteiger partial charge in [0, 0.05) is 5.56 Å². The highest BCUT2D eigenvalue weighted by Gasteiger charge is 2.20. The molecule has 1 aromatic heterocycles. The molecular formula is C14H17N2O+. The topological polar surface area (TPSA) is 25.9 Å². The summed E-state index contributed by atoms with van der Waals surface area (Å²) in [5.74, 6) is 0.140. The summed E-state index contributed by atoms with van der Waals surface area (Å²) in [6.45, 7) is 3.94. The summed E-state index contributed by atoms with van der Waals surface area (Å²) in [5.41, 5.74) is 1.93. The van der Waals surface area contributed by atoms with Crippen LogP contribution in [0, 0.1) is 6.92 Å². The zero-order chi connectivity index (χ0) is 12.4. The summed E-state index contributed by atoms with van der Waals surface area (Å²) >= 11 is 0. The Balaban J connectivity index is 2.23. The second-order valence-corrected chi connectivity index (χ2v) is 4.43. The number of nitrogens with zero attached hydrogens (tertiary/aromatic N) is 2. The number of rotatable bonds is 3. The maximum Gasteiger partial charge on any atom is 0.244 e. The van der Waals surface area contributed by atoms with Crippen LogP contribution in [0.1, 0.15) is 28.9 Å². The predicted octanol–water partition coefficient (Wildman–Crippen LogP) is 2.06. The molecule has 1 heterocycles. The average Bonchev–Trinajstić information content (AvgIpc) is 2.75. The zero-order valence-electron chi connectivity index (χ0n) is 10.4. The normalized spacial score (nSPS) is 12.4. The number of carbonyl (C=O) groups excluding carboxylic acids is 1. The number of aromatic nitrogens is 2. The quantitative estimate of drug-likeness (QED) is 0.584. The van der Waals surface area contributed by atoms with E-state index in [0.717, 1.165) is 5.56 Å². The van der Waals surface area contributed by atoms with Crippen molar-refractivity contribution >= 4 is 5.78 Å². The molecule has 88 valence electrons. The summed E-state index contributed by atoms with van der Waals surface area (Å²) in [7, 11) is 1.94. The molecule has 0 aliphatic carbocycles. The van der Waals surface area contributed by atoms with Crippen LogP contribution in [0.5, 0.6) is 0 Å². The summed E-state index contributed by atoms with van der Waals surface area (Å²) in [5, 5.41) is 0. The van der Waals surface area contributed by atoms with Gasteiger partial charge in [0.1, 0.15) is 12.4 Å². The third-order valence-electron chi connectivity index (χ3n) is 2.95.